The van der Waals surface area contributed by atoms with E-state index in [4.69, 9.17) is 4.74 Å². The maximum Gasteiger partial charge on any atom is 0.326 e. The van der Waals surface area contributed by atoms with Crippen molar-refractivity contribution in [2.24, 2.45) is 4.99 Å². The van der Waals surface area contributed by atoms with Gasteiger partial charge in [-0.1, -0.05) is 29.5 Å². The Hall–Kier alpha value is -2.73. The molecule has 0 saturated heterocycles. The van der Waals surface area contributed by atoms with Crippen LogP contribution in [0.2, 0.25) is 0 Å². The fraction of sp³-hybridized carbons (Fsp3) is 0.250. The molecule has 0 aliphatic rings. The van der Waals surface area contributed by atoms with Crippen LogP contribution in [0.5, 0.6) is 0 Å². The van der Waals surface area contributed by atoms with Crippen LogP contribution in [0.15, 0.2) is 47.5 Å². The Morgan fingerprint density at radius 3 is 2.50 bits per heavy atom. The highest BCUT2D eigenvalue weighted by molar-refractivity contribution is 7.16. The fourth-order valence-electron chi connectivity index (χ4n) is 2.63. The molecule has 2 aromatic carbocycles. The van der Waals surface area contributed by atoms with Crippen LogP contribution < -0.4 is 4.80 Å². The lowest BCUT2D eigenvalue weighted by Gasteiger charge is -2.06. The van der Waals surface area contributed by atoms with Gasteiger partial charge in [0.05, 0.1) is 16.8 Å². The largest absolute Gasteiger partial charge is 0.465 e. The lowest BCUT2D eigenvalue weighted by molar-refractivity contribution is -0.143. The summed E-state index contributed by atoms with van der Waals surface area (Å²) in [6, 6.07) is 13.0. The molecule has 6 heteroatoms. The molecule has 0 atom stereocenters. The number of hydrogen-bond donors (Lipinski definition) is 0. The number of ether oxygens (including phenoxy) is 1. The molecule has 0 aliphatic heterocycles. The molecule has 0 bridgehead atoms. The van der Waals surface area contributed by atoms with E-state index in [1.54, 1.807) is 35.8 Å². The number of esters is 1. The summed E-state index contributed by atoms with van der Waals surface area (Å²) in [6.45, 7) is 6.17. The second-order valence-corrected chi connectivity index (χ2v) is 6.97. The van der Waals surface area contributed by atoms with Crippen LogP contribution in [0.4, 0.5) is 0 Å². The molecule has 0 N–H and O–H groups in total. The Morgan fingerprint density at radius 2 is 1.81 bits per heavy atom. The molecular formula is C20H20N2O3S. The molecule has 1 aromatic heterocycles. The van der Waals surface area contributed by atoms with E-state index < -0.39 is 0 Å². The van der Waals surface area contributed by atoms with Crippen molar-refractivity contribution in [3.63, 3.8) is 0 Å². The molecule has 0 aliphatic carbocycles. The van der Waals surface area contributed by atoms with Crippen molar-refractivity contribution >= 4 is 33.4 Å². The SMILES string of the molecule is CCOC(=O)Cn1c(=NC(=O)c2ccccc2)sc2cc(C)c(C)cc21. The number of hydrogen-bond acceptors (Lipinski definition) is 4. The molecule has 0 fully saturated rings. The second kappa shape index (κ2) is 7.66. The number of rotatable bonds is 4. The maximum absolute atomic E-state index is 12.5. The van der Waals surface area contributed by atoms with E-state index in [1.165, 1.54) is 11.3 Å². The monoisotopic (exact) mass is 368 g/mol. The molecular weight excluding hydrogens is 348 g/mol. The van der Waals surface area contributed by atoms with Crippen LogP contribution in [0, 0.1) is 13.8 Å². The van der Waals surface area contributed by atoms with E-state index in [0.29, 0.717) is 17.0 Å². The third-order valence-corrected chi connectivity index (χ3v) is 5.15. The van der Waals surface area contributed by atoms with Crippen molar-refractivity contribution in [2.75, 3.05) is 6.61 Å². The predicted molar refractivity (Wildman–Crippen MR) is 102 cm³/mol. The summed E-state index contributed by atoms with van der Waals surface area (Å²) in [4.78, 5) is 29.3. The molecule has 1 heterocycles. The number of thiazole rings is 1. The zero-order chi connectivity index (χ0) is 18.7. The smallest absolute Gasteiger partial charge is 0.326 e. The van der Waals surface area contributed by atoms with Gasteiger partial charge in [-0.15, -0.1) is 0 Å². The predicted octanol–water partition coefficient (Wildman–Crippen LogP) is 3.62. The average Bonchev–Trinajstić information content (AvgIpc) is 2.93. The highest BCUT2D eigenvalue weighted by Gasteiger charge is 2.13. The molecule has 3 rings (SSSR count). The third-order valence-electron chi connectivity index (χ3n) is 4.11. The van der Waals surface area contributed by atoms with E-state index in [-0.39, 0.29) is 18.4 Å². The van der Waals surface area contributed by atoms with Crippen LogP contribution in [0.1, 0.15) is 28.4 Å². The van der Waals surface area contributed by atoms with Crippen LogP contribution in [0.3, 0.4) is 0 Å². The summed E-state index contributed by atoms with van der Waals surface area (Å²) in [5.74, 6) is -0.678. The molecule has 0 saturated carbocycles. The Kier molecular flexibility index (Phi) is 5.32. The van der Waals surface area contributed by atoms with Gasteiger partial charge in [-0.05, 0) is 56.2 Å². The molecule has 0 unspecified atom stereocenters. The van der Waals surface area contributed by atoms with Gasteiger partial charge < -0.3 is 9.30 Å². The molecule has 26 heavy (non-hydrogen) atoms. The van der Waals surface area contributed by atoms with Gasteiger partial charge >= 0.3 is 5.97 Å². The summed E-state index contributed by atoms with van der Waals surface area (Å²) in [7, 11) is 0. The van der Waals surface area contributed by atoms with Gasteiger partial charge in [0, 0.05) is 5.56 Å². The summed E-state index contributed by atoms with van der Waals surface area (Å²) in [5.41, 5.74) is 3.67. The number of amides is 1. The Balaban J connectivity index is 2.15. The lowest BCUT2D eigenvalue weighted by atomic mass is 10.1. The summed E-state index contributed by atoms with van der Waals surface area (Å²) in [6.07, 6.45) is 0. The first-order valence-corrected chi connectivity index (χ1v) is 9.21. The molecule has 0 spiro atoms. The zero-order valence-electron chi connectivity index (χ0n) is 15.0. The van der Waals surface area contributed by atoms with Crippen molar-refractivity contribution < 1.29 is 14.3 Å². The number of carbonyl (C=O) groups excluding carboxylic acids is 2. The normalized spacial score (nSPS) is 11.7. The van der Waals surface area contributed by atoms with Gasteiger partial charge in [0.2, 0.25) is 0 Å². The third kappa shape index (κ3) is 3.75. The van der Waals surface area contributed by atoms with Crippen molar-refractivity contribution in [2.45, 2.75) is 27.3 Å². The minimum Gasteiger partial charge on any atom is -0.465 e. The van der Waals surface area contributed by atoms with E-state index >= 15 is 0 Å². The quantitative estimate of drug-likeness (QED) is 0.661. The Morgan fingerprint density at radius 1 is 1.12 bits per heavy atom. The van der Waals surface area contributed by atoms with Crippen molar-refractivity contribution in [1.29, 1.82) is 0 Å². The minimum absolute atomic E-state index is 0.0250. The molecule has 0 radical (unpaired) electrons. The van der Waals surface area contributed by atoms with Gasteiger partial charge in [-0.2, -0.15) is 4.99 Å². The van der Waals surface area contributed by atoms with Crippen molar-refractivity contribution in [3.05, 3.63) is 64.0 Å². The Labute approximate surface area is 155 Å². The first-order chi connectivity index (χ1) is 12.5. The van der Waals surface area contributed by atoms with Crippen LogP contribution in [-0.4, -0.2) is 23.1 Å². The highest BCUT2D eigenvalue weighted by Crippen LogP contribution is 2.22. The number of benzene rings is 2. The number of fused-ring (bicyclic) bond motifs is 1. The van der Waals surface area contributed by atoms with Crippen molar-refractivity contribution in [1.82, 2.24) is 4.57 Å². The minimum atomic E-state index is -0.348. The van der Waals surface area contributed by atoms with Crippen molar-refractivity contribution in [3.8, 4) is 0 Å². The zero-order valence-corrected chi connectivity index (χ0v) is 15.8. The van der Waals surface area contributed by atoms with Gasteiger partial charge in [0.1, 0.15) is 6.54 Å². The van der Waals surface area contributed by atoms with E-state index in [2.05, 4.69) is 11.1 Å². The number of nitrogens with zero attached hydrogens (tertiary/aromatic N) is 2. The first kappa shape index (κ1) is 18.1. The number of aryl methyl sites for hydroxylation is 2. The number of carbonyl (C=O) groups is 2. The topological polar surface area (TPSA) is 60.7 Å². The van der Waals surface area contributed by atoms with Crippen LogP contribution in [0.25, 0.3) is 10.2 Å². The molecule has 134 valence electrons. The lowest BCUT2D eigenvalue weighted by Crippen LogP contribution is -2.23. The van der Waals surface area contributed by atoms with Gasteiger partial charge in [-0.3, -0.25) is 9.59 Å². The molecule has 5 nitrogen and oxygen atoms in total. The first-order valence-electron chi connectivity index (χ1n) is 8.40. The van der Waals surface area contributed by atoms with Crippen LogP contribution in [-0.2, 0) is 16.1 Å². The molecule has 3 aromatic rings. The fourth-order valence-corrected chi connectivity index (χ4v) is 3.74. The number of aromatic nitrogens is 1. The van der Waals surface area contributed by atoms with E-state index in [0.717, 1.165) is 21.3 Å². The van der Waals surface area contributed by atoms with Gasteiger partial charge in [0.25, 0.3) is 5.91 Å². The maximum atomic E-state index is 12.5. The van der Waals surface area contributed by atoms with Gasteiger partial charge in [-0.25, -0.2) is 0 Å². The second-order valence-electron chi connectivity index (χ2n) is 5.96. The Bertz CT molecular complexity index is 1030. The highest BCUT2D eigenvalue weighted by atomic mass is 32.1. The standard InChI is InChI=1S/C20H20N2O3S/c1-4-25-18(23)12-22-16-10-13(2)14(3)11-17(16)26-20(22)21-19(24)15-8-6-5-7-9-15/h5-11H,4,12H2,1-3H3. The summed E-state index contributed by atoms with van der Waals surface area (Å²) < 4.78 is 7.82. The van der Waals surface area contributed by atoms with Crippen LogP contribution >= 0.6 is 11.3 Å². The van der Waals surface area contributed by atoms with Gasteiger partial charge in [0.15, 0.2) is 4.80 Å². The van der Waals surface area contributed by atoms with E-state index in [9.17, 15) is 9.59 Å². The van der Waals surface area contributed by atoms with E-state index in [1.807, 2.05) is 26.0 Å². The summed E-state index contributed by atoms with van der Waals surface area (Å²) in [5, 5.41) is 0. The summed E-state index contributed by atoms with van der Waals surface area (Å²) >= 11 is 1.40. The molecule has 1 amide bonds. The average molecular weight is 368 g/mol.